The number of nitrogens with one attached hydrogen (secondary N) is 2. The van der Waals surface area contributed by atoms with E-state index in [-0.39, 0.29) is 33.8 Å². The minimum atomic E-state index is -1.10. The van der Waals surface area contributed by atoms with E-state index in [0.717, 1.165) is 5.69 Å². The lowest BCUT2D eigenvalue weighted by atomic mass is 10.1. The van der Waals surface area contributed by atoms with Crippen LogP contribution in [0.1, 0.15) is 33.3 Å². The van der Waals surface area contributed by atoms with Crippen LogP contribution in [0.4, 0.5) is 5.82 Å². The molecule has 1 unspecified atom stereocenters. The van der Waals surface area contributed by atoms with Crippen LogP contribution in [0, 0.1) is 6.92 Å². The molecule has 0 aliphatic rings. The van der Waals surface area contributed by atoms with Gasteiger partial charge in [-0.25, -0.2) is 4.79 Å². The minimum Gasteiger partial charge on any atom is -0.488 e. The molecular formula is C22H22ClN3O6. The van der Waals surface area contributed by atoms with Gasteiger partial charge in [-0.2, -0.15) is 5.10 Å². The number of methoxy groups -OCH3 is 1. The molecule has 0 spiro atoms. The van der Waals surface area contributed by atoms with Crippen molar-refractivity contribution in [2.75, 3.05) is 19.0 Å². The number of benzene rings is 2. The molecule has 0 aliphatic carbocycles. The summed E-state index contributed by atoms with van der Waals surface area (Å²) < 4.78 is 16.8. The number of aromatic nitrogens is 2. The van der Waals surface area contributed by atoms with Gasteiger partial charge >= 0.3 is 5.97 Å². The van der Waals surface area contributed by atoms with Crippen LogP contribution in [0.15, 0.2) is 42.5 Å². The van der Waals surface area contributed by atoms with E-state index in [2.05, 4.69) is 15.5 Å². The van der Waals surface area contributed by atoms with E-state index < -0.39 is 11.9 Å². The van der Waals surface area contributed by atoms with Crippen molar-refractivity contribution in [2.24, 2.45) is 0 Å². The highest BCUT2D eigenvalue weighted by molar-refractivity contribution is 6.32. The number of ether oxygens (including phenoxy) is 3. The summed E-state index contributed by atoms with van der Waals surface area (Å²) in [5.74, 6) is -0.254. The zero-order chi connectivity index (χ0) is 23.3. The molecule has 0 saturated carbocycles. The number of hydrogen-bond donors (Lipinski definition) is 3. The van der Waals surface area contributed by atoms with Crippen molar-refractivity contribution in [1.82, 2.24) is 10.2 Å². The Kier molecular flexibility index (Phi) is 7.34. The van der Waals surface area contributed by atoms with Gasteiger partial charge in [-0.3, -0.25) is 9.89 Å². The number of carbonyl (C=O) groups excluding carboxylic acids is 1. The van der Waals surface area contributed by atoms with Gasteiger partial charge in [-0.15, -0.1) is 0 Å². The highest BCUT2D eigenvalue weighted by atomic mass is 35.5. The number of aromatic amines is 1. The molecule has 0 radical (unpaired) electrons. The third kappa shape index (κ3) is 5.99. The van der Waals surface area contributed by atoms with Gasteiger partial charge in [0.15, 0.2) is 5.82 Å². The predicted octanol–water partition coefficient (Wildman–Crippen LogP) is 4.53. The molecule has 0 aliphatic heterocycles. The van der Waals surface area contributed by atoms with E-state index >= 15 is 0 Å². The van der Waals surface area contributed by atoms with Crippen LogP contribution in [-0.2, 0) is 4.74 Å². The maximum Gasteiger partial charge on any atom is 0.335 e. The molecule has 1 aromatic heterocycles. The van der Waals surface area contributed by atoms with E-state index in [1.807, 2.05) is 13.8 Å². The first-order chi connectivity index (χ1) is 15.2. The highest BCUT2D eigenvalue weighted by Gasteiger charge is 2.15. The summed E-state index contributed by atoms with van der Waals surface area (Å²) in [4.78, 5) is 23.9. The largest absolute Gasteiger partial charge is 0.488 e. The van der Waals surface area contributed by atoms with Gasteiger partial charge in [-0.1, -0.05) is 11.6 Å². The number of carbonyl (C=O) groups is 2. The maximum atomic E-state index is 12.8. The molecule has 1 amide bonds. The van der Waals surface area contributed by atoms with E-state index in [9.17, 15) is 9.59 Å². The quantitative estimate of drug-likeness (QED) is 0.429. The molecule has 9 nitrogen and oxygen atoms in total. The number of anilines is 1. The number of carboxylic acids is 1. The first-order valence-electron chi connectivity index (χ1n) is 9.60. The molecule has 0 fully saturated rings. The van der Waals surface area contributed by atoms with Crippen molar-refractivity contribution in [3.8, 4) is 17.2 Å². The summed E-state index contributed by atoms with van der Waals surface area (Å²) >= 11 is 6.17. The van der Waals surface area contributed by atoms with Crippen LogP contribution in [0.5, 0.6) is 17.2 Å². The third-order valence-corrected chi connectivity index (χ3v) is 4.53. The molecule has 1 heterocycles. The Hall–Kier alpha value is -3.56. The SMILES string of the molecule is COCC(C)Oc1cc(Oc2ccc(C(=O)O)cc2Cl)cc(C(=O)Nc2cc(C)[nH]n2)c1. The topological polar surface area (TPSA) is 123 Å². The summed E-state index contributed by atoms with van der Waals surface area (Å²) in [6.45, 7) is 3.99. The van der Waals surface area contributed by atoms with Gasteiger partial charge in [0.2, 0.25) is 0 Å². The number of nitrogens with zero attached hydrogens (tertiary/aromatic N) is 1. The van der Waals surface area contributed by atoms with Crippen LogP contribution in [0.2, 0.25) is 5.02 Å². The van der Waals surface area contributed by atoms with Gasteiger partial charge in [0.05, 0.1) is 17.2 Å². The number of aryl methyl sites for hydroxylation is 1. The first kappa shape index (κ1) is 23.1. The molecule has 1 atom stereocenters. The number of aromatic carboxylic acids is 1. The van der Waals surface area contributed by atoms with Gasteiger partial charge in [0, 0.05) is 30.5 Å². The second kappa shape index (κ2) is 10.2. The normalized spacial score (nSPS) is 11.6. The van der Waals surface area contributed by atoms with Crippen molar-refractivity contribution < 1.29 is 28.9 Å². The lowest BCUT2D eigenvalue weighted by Crippen LogP contribution is -2.18. The van der Waals surface area contributed by atoms with Crippen molar-refractivity contribution in [1.29, 1.82) is 0 Å². The number of halogens is 1. The summed E-state index contributed by atoms with van der Waals surface area (Å²) in [7, 11) is 1.56. The van der Waals surface area contributed by atoms with Crippen LogP contribution in [0.25, 0.3) is 0 Å². The van der Waals surface area contributed by atoms with Crippen molar-refractivity contribution in [2.45, 2.75) is 20.0 Å². The maximum absolute atomic E-state index is 12.8. The fraction of sp³-hybridized carbons (Fsp3) is 0.227. The molecule has 168 valence electrons. The molecule has 3 rings (SSSR count). The second-order valence-electron chi connectivity index (χ2n) is 7.02. The van der Waals surface area contributed by atoms with Crippen LogP contribution >= 0.6 is 11.6 Å². The van der Waals surface area contributed by atoms with Gasteiger partial charge in [-0.05, 0) is 44.2 Å². The molecule has 32 heavy (non-hydrogen) atoms. The molecule has 0 saturated heterocycles. The van der Waals surface area contributed by atoms with Gasteiger partial charge in [0.1, 0.15) is 23.4 Å². The van der Waals surface area contributed by atoms with Crippen molar-refractivity contribution in [3.63, 3.8) is 0 Å². The second-order valence-corrected chi connectivity index (χ2v) is 7.43. The van der Waals surface area contributed by atoms with Crippen LogP contribution < -0.4 is 14.8 Å². The Bertz CT molecular complexity index is 1130. The van der Waals surface area contributed by atoms with Gasteiger partial charge in [0.25, 0.3) is 5.91 Å². The van der Waals surface area contributed by atoms with E-state index in [1.54, 1.807) is 25.3 Å². The average Bonchev–Trinajstić information content (AvgIpc) is 3.13. The van der Waals surface area contributed by atoms with Crippen molar-refractivity contribution >= 4 is 29.3 Å². The van der Waals surface area contributed by atoms with E-state index in [0.29, 0.717) is 18.2 Å². The lowest BCUT2D eigenvalue weighted by Gasteiger charge is -2.16. The molecule has 0 bridgehead atoms. The number of H-pyrrole nitrogens is 1. The summed E-state index contributed by atoms with van der Waals surface area (Å²) in [6, 6.07) is 10.5. The summed E-state index contributed by atoms with van der Waals surface area (Å²) in [5.41, 5.74) is 1.09. The van der Waals surface area contributed by atoms with Gasteiger partial charge < -0.3 is 24.6 Å². The smallest absolute Gasteiger partial charge is 0.335 e. The van der Waals surface area contributed by atoms with E-state index in [1.165, 1.54) is 24.3 Å². The minimum absolute atomic E-state index is 0.0298. The Morgan fingerprint density at radius 1 is 1.16 bits per heavy atom. The Morgan fingerprint density at radius 2 is 1.91 bits per heavy atom. The summed E-state index contributed by atoms with van der Waals surface area (Å²) in [6.07, 6.45) is -0.279. The predicted molar refractivity (Wildman–Crippen MR) is 118 cm³/mol. The third-order valence-electron chi connectivity index (χ3n) is 4.24. The molecule has 3 aromatic rings. The van der Waals surface area contributed by atoms with Crippen LogP contribution in [-0.4, -0.2) is 47.0 Å². The highest BCUT2D eigenvalue weighted by Crippen LogP contribution is 2.33. The lowest BCUT2D eigenvalue weighted by molar-refractivity contribution is 0.0696. The number of amides is 1. The van der Waals surface area contributed by atoms with E-state index in [4.69, 9.17) is 30.9 Å². The Morgan fingerprint density at radius 3 is 2.53 bits per heavy atom. The first-order valence-corrected chi connectivity index (χ1v) is 9.97. The molecule has 2 aromatic carbocycles. The number of carboxylic acid groups (broad SMARTS) is 1. The molecule has 3 N–H and O–H groups in total. The van der Waals surface area contributed by atoms with Crippen LogP contribution in [0.3, 0.4) is 0 Å². The number of rotatable bonds is 9. The standard InChI is InChI=1S/C22H22ClN3O6/c1-12-6-20(26-25-12)24-21(27)15-7-16(31-13(2)11-30-3)10-17(8-15)32-19-5-4-14(22(28)29)9-18(19)23/h4-10,13H,11H2,1-3H3,(H,28,29)(H2,24,25,26,27). The monoisotopic (exact) mass is 459 g/mol. The Labute approximate surface area is 189 Å². The van der Waals surface area contributed by atoms with Crippen molar-refractivity contribution in [3.05, 3.63) is 64.3 Å². The fourth-order valence-corrected chi connectivity index (χ4v) is 3.06. The average molecular weight is 460 g/mol. The zero-order valence-electron chi connectivity index (χ0n) is 17.6. The fourth-order valence-electron chi connectivity index (χ4n) is 2.84. The zero-order valence-corrected chi connectivity index (χ0v) is 18.4. The number of hydrogen-bond acceptors (Lipinski definition) is 6. The Balaban J connectivity index is 1.90. The molecule has 10 heteroatoms. The molecular weight excluding hydrogens is 438 g/mol. The summed E-state index contributed by atoms with van der Waals surface area (Å²) in [5, 5.41) is 18.7.